The first kappa shape index (κ1) is 15.4. The van der Waals surface area contributed by atoms with E-state index in [1.54, 1.807) is 4.90 Å². The monoisotopic (exact) mass is 327 g/mol. The molecule has 2 fully saturated rings. The Bertz CT molecular complexity index is 728. The molecule has 0 aliphatic carbocycles. The number of carbonyl (C=O) groups excluding carboxylic acids is 2. The molecule has 3 aliphatic rings. The van der Waals surface area contributed by atoms with Crippen LogP contribution in [-0.4, -0.2) is 36.7 Å². The van der Waals surface area contributed by atoms with Crippen LogP contribution in [0.1, 0.15) is 18.9 Å². The predicted molar refractivity (Wildman–Crippen MR) is 88.5 cm³/mol. The van der Waals surface area contributed by atoms with Crippen LogP contribution < -0.4 is 4.90 Å². The van der Waals surface area contributed by atoms with E-state index in [1.807, 2.05) is 50.3 Å². The van der Waals surface area contributed by atoms with E-state index < -0.39 is 17.4 Å². The minimum atomic E-state index is -0.693. The van der Waals surface area contributed by atoms with Crippen molar-refractivity contribution in [3.05, 3.63) is 42.0 Å². The summed E-state index contributed by atoms with van der Waals surface area (Å²) in [6.45, 7) is 4.77. The molecule has 0 N–H and O–H groups in total. The molecule has 3 aliphatic heterocycles. The van der Waals surface area contributed by atoms with Crippen LogP contribution in [0.15, 0.2) is 36.4 Å². The lowest BCUT2D eigenvalue weighted by molar-refractivity contribution is -0.152. The van der Waals surface area contributed by atoms with Crippen molar-refractivity contribution in [2.24, 2.45) is 11.8 Å². The van der Waals surface area contributed by atoms with E-state index in [4.69, 9.17) is 9.47 Å². The summed E-state index contributed by atoms with van der Waals surface area (Å²) in [5, 5.41) is 0. The Balaban J connectivity index is 1.65. The third-order valence-corrected chi connectivity index (χ3v) is 5.13. The summed E-state index contributed by atoms with van der Waals surface area (Å²) in [6, 6.07) is 7.83. The Morgan fingerprint density at radius 1 is 1.46 bits per heavy atom. The second-order valence-corrected chi connectivity index (χ2v) is 6.83. The minimum absolute atomic E-state index is 0.0501. The molecular formula is C19H21NO4. The zero-order valence-corrected chi connectivity index (χ0v) is 13.9. The van der Waals surface area contributed by atoms with Crippen molar-refractivity contribution >= 4 is 17.6 Å². The molecule has 126 valence electrons. The van der Waals surface area contributed by atoms with Crippen molar-refractivity contribution in [1.82, 2.24) is 0 Å². The van der Waals surface area contributed by atoms with Gasteiger partial charge in [0, 0.05) is 5.69 Å². The third-order valence-electron chi connectivity index (χ3n) is 5.13. The van der Waals surface area contributed by atoms with E-state index >= 15 is 0 Å². The van der Waals surface area contributed by atoms with Gasteiger partial charge in [0.25, 0.3) is 0 Å². The Hall–Kier alpha value is -2.14. The van der Waals surface area contributed by atoms with Crippen LogP contribution in [-0.2, 0) is 19.1 Å². The molecule has 0 unspecified atom stereocenters. The molecule has 1 amide bonds. The zero-order chi connectivity index (χ0) is 16.9. The summed E-state index contributed by atoms with van der Waals surface area (Å²) in [5.41, 5.74) is 1.25. The lowest BCUT2D eigenvalue weighted by atomic mass is 9.77. The molecule has 1 aromatic carbocycles. The van der Waals surface area contributed by atoms with Gasteiger partial charge < -0.3 is 14.4 Å². The van der Waals surface area contributed by atoms with Crippen LogP contribution in [0.3, 0.4) is 0 Å². The molecular weight excluding hydrogens is 306 g/mol. The number of anilines is 1. The molecule has 3 heterocycles. The van der Waals surface area contributed by atoms with Gasteiger partial charge in [-0.3, -0.25) is 9.59 Å². The van der Waals surface area contributed by atoms with E-state index in [0.29, 0.717) is 13.2 Å². The van der Waals surface area contributed by atoms with E-state index in [1.165, 1.54) is 0 Å². The number of fused-ring (bicyclic) bond motifs is 1. The average Bonchev–Trinajstić information content (AvgIpc) is 3.21. The molecule has 4 atom stereocenters. The molecule has 0 radical (unpaired) electrons. The van der Waals surface area contributed by atoms with Crippen LogP contribution in [0.4, 0.5) is 5.69 Å². The van der Waals surface area contributed by atoms with Gasteiger partial charge in [0.2, 0.25) is 5.91 Å². The van der Waals surface area contributed by atoms with E-state index in [-0.39, 0.29) is 18.0 Å². The second kappa shape index (κ2) is 5.45. The van der Waals surface area contributed by atoms with E-state index in [2.05, 4.69) is 0 Å². The summed E-state index contributed by atoms with van der Waals surface area (Å²) < 4.78 is 11.4. The Morgan fingerprint density at radius 3 is 3.04 bits per heavy atom. The summed E-state index contributed by atoms with van der Waals surface area (Å²) in [6.07, 6.45) is 4.28. The SMILES string of the molecule is CCCOC(=O)[C@@H]1[C@@H]2C=C[C@]3(CN(c4cccc(C)c4)C(=O)[C@H]13)O2. The standard InChI is InChI=1S/C19H21NO4/c1-3-9-23-18(22)15-14-7-8-19(24-14)11-20(17(21)16(15)19)13-6-4-5-12(2)10-13/h4-8,10,14-16H,3,9,11H2,1-2H3/t14-,15+,16-,19+/m0/s1. The number of amides is 1. The predicted octanol–water partition coefficient (Wildman–Crippen LogP) is 2.23. The van der Waals surface area contributed by atoms with Crippen molar-refractivity contribution in [3.8, 4) is 0 Å². The largest absolute Gasteiger partial charge is 0.465 e. The van der Waals surface area contributed by atoms with Crippen LogP contribution in [0.5, 0.6) is 0 Å². The lowest BCUT2D eigenvalue weighted by Gasteiger charge is -2.22. The molecule has 4 rings (SSSR count). The first-order valence-electron chi connectivity index (χ1n) is 8.47. The number of carbonyl (C=O) groups is 2. The fourth-order valence-corrected chi connectivity index (χ4v) is 4.08. The highest BCUT2D eigenvalue weighted by Crippen LogP contribution is 2.52. The topological polar surface area (TPSA) is 55.8 Å². The highest BCUT2D eigenvalue weighted by Gasteiger charge is 2.67. The molecule has 0 aromatic heterocycles. The lowest BCUT2D eigenvalue weighted by Crippen LogP contribution is -2.40. The van der Waals surface area contributed by atoms with Gasteiger partial charge >= 0.3 is 5.97 Å². The van der Waals surface area contributed by atoms with Crippen LogP contribution in [0, 0.1) is 18.8 Å². The van der Waals surface area contributed by atoms with Crippen molar-refractivity contribution < 1.29 is 19.1 Å². The Labute approximate surface area is 141 Å². The summed E-state index contributed by atoms with van der Waals surface area (Å²) >= 11 is 0. The van der Waals surface area contributed by atoms with Gasteiger partial charge in [-0.1, -0.05) is 31.2 Å². The zero-order valence-electron chi connectivity index (χ0n) is 13.9. The molecule has 24 heavy (non-hydrogen) atoms. The van der Waals surface area contributed by atoms with Crippen molar-refractivity contribution in [3.63, 3.8) is 0 Å². The van der Waals surface area contributed by atoms with Gasteiger partial charge in [-0.15, -0.1) is 0 Å². The summed E-state index contributed by atoms with van der Waals surface area (Å²) in [5.74, 6) is -1.40. The maximum atomic E-state index is 13.1. The molecule has 2 bridgehead atoms. The minimum Gasteiger partial charge on any atom is -0.465 e. The van der Waals surface area contributed by atoms with Gasteiger partial charge in [0.1, 0.15) is 11.5 Å². The van der Waals surface area contributed by atoms with Crippen LogP contribution >= 0.6 is 0 Å². The van der Waals surface area contributed by atoms with Crippen molar-refractivity contribution in [1.29, 1.82) is 0 Å². The van der Waals surface area contributed by atoms with Gasteiger partial charge in [-0.2, -0.15) is 0 Å². The Morgan fingerprint density at radius 2 is 2.29 bits per heavy atom. The van der Waals surface area contributed by atoms with Crippen molar-refractivity contribution in [2.45, 2.75) is 32.0 Å². The highest BCUT2D eigenvalue weighted by molar-refractivity contribution is 6.02. The maximum Gasteiger partial charge on any atom is 0.312 e. The highest BCUT2D eigenvalue weighted by atomic mass is 16.6. The van der Waals surface area contributed by atoms with Gasteiger partial charge in [0.15, 0.2) is 0 Å². The number of hydrogen-bond donors (Lipinski definition) is 0. The first-order valence-corrected chi connectivity index (χ1v) is 8.47. The first-order chi connectivity index (χ1) is 11.6. The van der Waals surface area contributed by atoms with E-state index in [9.17, 15) is 9.59 Å². The molecule has 5 nitrogen and oxygen atoms in total. The number of esters is 1. The van der Waals surface area contributed by atoms with Gasteiger partial charge in [-0.05, 0) is 31.0 Å². The second-order valence-electron chi connectivity index (χ2n) is 6.83. The molecule has 0 saturated carbocycles. The van der Waals surface area contributed by atoms with E-state index in [0.717, 1.165) is 17.7 Å². The fraction of sp³-hybridized carbons (Fsp3) is 0.474. The smallest absolute Gasteiger partial charge is 0.312 e. The molecule has 2 saturated heterocycles. The van der Waals surface area contributed by atoms with Crippen molar-refractivity contribution in [2.75, 3.05) is 18.1 Å². The maximum absolute atomic E-state index is 13.1. The molecule has 1 spiro atoms. The third kappa shape index (κ3) is 2.11. The average molecular weight is 327 g/mol. The number of rotatable bonds is 4. The number of aryl methyl sites for hydroxylation is 1. The normalized spacial score (nSPS) is 33.2. The van der Waals surface area contributed by atoms with Crippen LogP contribution in [0.25, 0.3) is 0 Å². The number of ether oxygens (including phenoxy) is 2. The van der Waals surface area contributed by atoms with Crippen LogP contribution in [0.2, 0.25) is 0 Å². The quantitative estimate of drug-likeness (QED) is 0.629. The number of hydrogen-bond acceptors (Lipinski definition) is 4. The van der Waals surface area contributed by atoms with Gasteiger partial charge in [0.05, 0.1) is 25.2 Å². The molecule has 5 heteroatoms. The summed E-state index contributed by atoms with van der Waals surface area (Å²) in [4.78, 5) is 27.3. The molecule has 1 aromatic rings. The fourth-order valence-electron chi connectivity index (χ4n) is 4.08. The Kier molecular flexibility index (Phi) is 3.49. The summed E-state index contributed by atoms with van der Waals surface area (Å²) in [7, 11) is 0. The number of nitrogens with zero attached hydrogens (tertiary/aromatic N) is 1. The number of benzene rings is 1. The van der Waals surface area contributed by atoms with Gasteiger partial charge in [-0.25, -0.2) is 0 Å².